The van der Waals surface area contributed by atoms with E-state index in [1.165, 1.54) is 30.9 Å². The fourth-order valence-corrected chi connectivity index (χ4v) is 6.60. The van der Waals surface area contributed by atoms with Crippen LogP contribution in [0.1, 0.15) is 53.4 Å². The van der Waals surface area contributed by atoms with Gasteiger partial charge in [-0.15, -0.1) is 0 Å². The first-order valence-corrected chi connectivity index (χ1v) is 13.7. The lowest BCUT2D eigenvalue weighted by Crippen LogP contribution is -2.66. The molecule has 4 aliphatic rings. The molecule has 2 N–H and O–H groups in total. The SMILES string of the molecule is COC(=O)/C=C/C=C/[C@@H](OCC/C(C)=C/C(=O)OC[C@]12CCC(C)=C[C@H]1O[C@@H]1C[C@@H](O)[C@@]2(C)[C@@]12CO2)[C@@H](C)O. The highest BCUT2D eigenvalue weighted by Gasteiger charge is 2.81. The lowest BCUT2D eigenvalue weighted by atomic mass is 9.51. The number of ether oxygens (including phenoxy) is 5. The van der Waals surface area contributed by atoms with Crippen LogP contribution >= 0.6 is 0 Å². The quantitative estimate of drug-likeness (QED) is 0.132. The van der Waals surface area contributed by atoms with Crippen LogP contribution in [-0.4, -0.2) is 85.2 Å². The van der Waals surface area contributed by atoms with Crippen molar-refractivity contribution < 1.29 is 43.5 Å². The number of epoxide rings is 1. The van der Waals surface area contributed by atoms with Crippen molar-refractivity contribution in [2.75, 3.05) is 26.9 Å². The predicted molar refractivity (Wildman–Crippen MR) is 143 cm³/mol. The Bertz CT molecular complexity index is 1050. The van der Waals surface area contributed by atoms with Gasteiger partial charge in [0.05, 0.1) is 44.7 Å². The minimum absolute atomic E-state index is 0.139. The van der Waals surface area contributed by atoms with Crippen LogP contribution in [-0.2, 0) is 33.3 Å². The number of fused-ring (bicyclic) bond motifs is 2. The average molecular weight is 547 g/mol. The molecule has 2 aliphatic carbocycles. The van der Waals surface area contributed by atoms with Crippen LogP contribution in [0, 0.1) is 10.8 Å². The first-order chi connectivity index (χ1) is 18.5. The molecule has 39 heavy (non-hydrogen) atoms. The average Bonchev–Trinajstić information content (AvgIpc) is 3.67. The Kier molecular flexibility index (Phi) is 8.88. The second-order valence-corrected chi connectivity index (χ2v) is 11.5. The van der Waals surface area contributed by atoms with Crippen molar-refractivity contribution in [3.8, 4) is 0 Å². The van der Waals surface area contributed by atoms with Crippen LogP contribution in [0.15, 0.2) is 47.6 Å². The zero-order valence-corrected chi connectivity index (χ0v) is 23.6. The Labute approximate surface area is 230 Å². The molecule has 1 spiro atoms. The highest BCUT2D eigenvalue weighted by molar-refractivity contribution is 5.82. The van der Waals surface area contributed by atoms with E-state index in [-0.39, 0.29) is 25.4 Å². The largest absolute Gasteiger partial charge is 0.466 e. The third-order valence-corrected chi connectivity index (χ3v) is 9.21. The normalized spacial score (nSPS) is 37.1. The summed E-state index contributed by atoms with van der Waals surface area (Å²) in [6, 6.07) is 0. The molecule has 0 amide bonds. The Balaban J connectivity index is 1.35. The minimum Gasteiger partial charge on any atom is -0.466 e. The Morgan fingerprint density at radius 1 is 1.28 bits per heavy atom. The molecule has 2 aliphatic heterocycles. The summed E-state index contributed by atoms with van der Waals surface area (Å²) in [5.41, 5.74) is 0.359. The molecule has 0 unspecified atom stereocenters. The maximum atomic E-state index is 12.9. The van der Waals surface area contributed by atoms with Crippen LogP contribution in [0.25, 0.3) is 0 Å². The highest BCUT2D eigenvalue weighted by atomic mass is 16.6. The van der Waals surface area contributed by atoms with Gasteiger partial charge in [-0.3, -0.25) is 0 Å². The summed E-state index contributed by atoms with van der Waals surface area (Å²) in [6.07, 6.45) is 9.91. The number of aliphatic hydroxyl groups excluding tert-OH is 2. The third kappa shape index (κ3) is 5.52. The van der Waals surface area contributed by atoms with Crippen LogP contribution in [0.4, 0.5) is 0 Å². The molecule has 216 valence electrons. The summed E-state index contributed by atoms with van der Waals surface area (Å²) in [5, 5.41) is 21.2. The minimum atomic E-state index is -0.759. The van der Waals surface area contributed by atoms with E-state index in [9.17, 15) is 19.8 Å². The molecule has 9 heteroatoms. The molecular formula is C30H42O9. The predicted octanol–water partition coefficient (Wildman–Crippen LogP) is 2.95. The molecule has 2 bridgehead atoms. The second-order valence-electron chi connectivity index (χ2n) is 11.5. The first-order valence-electron chi connectivity index (χ1n) is 13.7. The van der Waals surface area contributed by atoms with E-state index in [2.05, 4.69) is 24.7 Å². The van der Waals surface area contributed by atoms with Gasteiger partial charge >= 0.3 is 11.9 Å². The first kappa shape index (κ1) is 29.7. The van der Waals surface area contributed by atoms with E-state index in [1.807, 2.05) is 6.92 Å². The summed E-state index contributed by atoms with van der Waals surface area (Å²) < 4.78 is 28.6. The molecule has 3 fully saturated rings. The molecule has 4 rings (SSSR count). The highest BCUT2D eigenvalue weighted by Crippen LogP contribution is 2.71. The Morgan fingerprint density at radius 3 is 2.69 bits per heavy atom. The molecule has 0 radical (unpaired) electrons. The summed E-state index contributed by atoms with van der Waals surface area (Å²) in [7, 11) is 1.30. The summed E-state index contributed by atoms with van der Waals surface area (Å²) >= 11 is 0. The molecule has 0 aromatic rings. The summed E-state index contributed by atoms with van der Waals surface area (Å²) in [4.78, 5) is 24.0. The number of aliphatic hydroxyl groups is 2. The monoisotopic (exact) mass is 546 g/mol. The Morgan fingerprint density at radius 2 is 2.03 bits per heavy atom. The van der Waals surface area contributed by atoms with Crippen molar-refractivity contribution in [2.24, 2.45) is 10.8 Å². The molecule has 8 atom stereocenters. The number of hydrogen-bond donors (Lipinski definition) is 2. The summed E-state index contributed by atoms with van der Waals surface area (Å²) in [6.45, 7) is 8.59. The Hall–Kier alpha value is -2.30. The number of hydrogen-bond acceptors (Lipinski definition) is 9. The zero-order chi connectivity index (χ0) is 28.4. The van der Waals surface area contributed by atoms with Crippen LogP contribution in [0.5, 0.6) is 0 Å². The lowest BCUT2D eigenvalue weighted by Gasteiger charge is -2.58. The molecule has 1 saturated carbocycles. The zero-order valence-electron chi connectivity index (χ0n) is 23.6. The van der Waals surface area contributed by atoms with Gasteiger partial charge in [0.25, 0.3) is 0 Å². The van der Waals surface area contributed by atoms with Crippen LogP contribution < -0.4 is 0 Å². The molecule has 2 heterocycles. The number of allylic oxidation sites excluding steroid dienone is 3. The van der Waals surface area contributed by atoms with Gasteiger partial charge in [-0.1, -0.05) is 42.4 Å². The number of methoxy groups -OCH3 is 1. The standard InChI is InChI=1S/C30H42O9/c1-19-10-12-29(24(14-19)39-25-16-23(32)28(29,4)30(25)18-38-30)17-37-27(34)15-20(2)11-13-36-22(21(3)31)8-6-7-9-26(33)35-5/h6-9,14-15,21-25,31-32H,10-13,16-18H2,1-5H3/b8-6+,9-7+,20-15+/t21-,22-,23-,24-,25-,28-,29-,30-/m1/s1. The maximum absolute atomic E-state index is 12.9. The number of rotatable bonds is 11. The third-order valence-electron chi connectivity index (χ3n) is 9.21. The van der Waals surface area contributed by atoms with E-state index < -0.39 is 46.7 Å². The van der Waals surface area contributed by atoms with Gasteiger partial charge in [0.15, 0.2) is 0 Å². The fourth-order valence-electron chi connectivity index (χ4n) is 6.60. The smallest absolute Gasteiger partial charge is 0.330 e. The van der Waals surface area contributed by atoms with Crippen molar-refractivity contribution in [3.63, 3.8) is 0 Å². The van der Waals surface area contributed by atoms with E-state index in [0.29, 0.717) is 19.4 Å². The van der Waals surface area contributed by atoms with Crippen molar-refractivity contribution >= 4 is 11.9 Å². The molecule has 0 aromatic heterocycles. The fraction of sp³-hybridized carbons (Fsp3) is 0.667. The van der Waals surface area contributed by atoms with Crippen molar-refractivity contribution in [1.29, 1.82) is 0 Å². The van der Waals surface area contributed by atoms with Crippen LogP contribution in [0.3, 0.4) is 0 Å². The van der Waals surface area contributed by atoms with E-state index in [4.69, 9.17) is 18.9 Å². The van der Waals surface area contributed by atoms with E-state index in [1.54, 1.807) is 19.1 Å². The van der Waals surface area contributed by atoms with Gasteiger partial charge < -0.3 is 33.9 Å². The van der Waals surface area contributed by atoms with Crippen LogP contribution in [0.2, 0.25) is 0 Å². The number of carbonyl (C=O) groups is 2. The van der Waals surface area contributed by atoms with Gasteiger partial charge in [0.1, 0.15) is 18.3 Å². The van der Waals surface area contributed by atoms with Gasteiger partial charge in [-0.25, -0.2) is 9.59 Å². The van der Waals surface area contributed by atoms with E-state index >= 15 is 0 Å². The second kappa shape index (κ2) is 11.7. The lowest BCUT2D eigenvalue weighted by molar-refractivity contribution is -0.229. The van der Waals surface area contributed by atoms with Gasteiger partial charge in [0, 0.05) is 29.4 Å². The van der Waals surface area contributed by atoms with E-state index in [0.717, 1.165) is 18.4 Å². The molecule has 9 nitrogen and oxygen atoms in total. The summed E-state index contributed by atoms with van der Waals surface area (Å²) in [5.74, 6) is -0.920. The van der Waals surface area contributed by atoms with Crippen molar-refractivity contribution in [1.82, 2.24) is 0 Å². The number of esters is 2. The van der Waals surface area contributed by atoms with Gasteiger partial charge in [-0.05, 0) is 40.0 Å². The van der Waals surface area contributed by atoms with Crippen molar-refractivity contribution in [3.05, 3.63) is 47.6 Å². The van der Waals surface area contributed by atoms with Gasteiger partial charge in [-0.2, -0.15) is 0 Å². The van der Waals surface area contributed by atoms with Crippen molar-refractivity contribution in [2.45, 2.75) is 89.5 Å². The molecule has 0 aromatic carbocycles. The maximum Gasteiger partial charge on any atom is 0.330 e. The number of carbonyl (C=O) groups excluding carboxylic acids is 2. The molecular weight excluding hydrogens is 504 g/mol. The topological polar surface area (TPSA) is 124 Å². The molecule has 2 saturated heterocycles. The van der Waals surface area contributed by atoms with Gasteiger partial charge in [0.2, 0.25) is 0 Å².